The van der Waals surface area contributed by atoms with Crippen LogP contribution in [0.3, 0.4) is 0 Å². The van der Waals surface area contributed by atoms with E-state index in [2.05, 4.69) is 42.4 Å². The Morgan fingerprint density at radius 3 is 1.79 bits per heavy atom. The second-order valence-corrected chi connectivity index (χ2v) is 17.1. The number of ketones is 2. The molecule has 3 saturated heterocycles. The Hall–Kier alpha value is -7.30. The zero-order valence-electron chi connectivity index (χ0n) is 35.8. The van der Waals surface area contributed by atoms with E-state index in [0.29, 0.717) is 31.8 Å². The molecule has 21 nitrogen and oxygen atoms in total. The molecule has 3 aliphatic heterocycles. The second kappa shape index (κ2) is 17.2. The molecule has 0 aromatic carbocycles. The van der Waals surface area contributed by atoms with Crippen molar-refractivity contribution in [3.8, 4) is 11.6 Å². The smallest absolute Gasteiger partial charge is 0.295 e. The van der Waals surface area contributed by atoms with Crippen molar-refractivity contribution in [3.05, 3.63) is 72.3 Å². The van der Waals surface area contributed by atoms with Gasteiger partial charge in [0, 0.05) is 77.1 Å². The molecule has 2 N–H and O–H groups in total. The lowest BCUT2D eigenvalue weighted by Gasteiger charge is -2.38. The number of piperazine rings is 2. The molecule has 4 aliphatic rings. The van der Waals surface area contributed by atoms with Crippen LogP contribution in [0.5, 0.6) is 0 Å². The van der Waals surface area contributed by atoms with E-state index in [9.17, 15) is 33.2 Å². The summed E-state index contributed by atoms with van der Waals surface area (Å²) in [5.74, 6) is -4.54. The summed E-state index contributed by atoms with van der Waals surface area (Å²) < 4.78 is 40.8. The number of nitrogens with one attached hydrogen (secondary N) is 2. The van der Waals surface area contributed by atoms with Crippen LogP contribution >= 0.6 is 0 Å². The van der Waals surface area contributed by atoms with E-state index in [-0.39, 0.29) is 102 Å². The fourth-order valence-electron chi connectivity index (χ4n) is 9.68. The third-order valence-corrected chi connectivity index (χ3v) is 13.3. The summed E-state index contributed by atoms with van der Waals surface area (Å²) in [5.41, 5.74) is 0.0124. The Kier molecular flexibility index (Phi) is 11.1. The van der Waals surface area contributed by atoms with Gasteiger partial charge >= 0.3 is 0 Å². The lowest BCUT2D eigenvalue weighted by molar-refractivity contribution is -0.809. The Labute approximate surface area is 373 Å². The molecule has 0 radical (unpaired) electrons. The quantitative estimate of drug-likeness (QED) is 0.120. The van der Waals surface area contributed by atoms with Gasteiger partial charge in [-0.15, -0.1) is 9.78 Å². The molecule has 342 valence electrons. The molecule has 4 unspecified atom stereocenters. The summed E-state index contributed by atoms with van der Waals surface area (Å²) in [7, 11) is 0. The van der Waals surface area contributed by atoms with Gasteiger partial charge in [0.15, 0.2) is 29.8 Å². The number of carbonyl (C=O) groups is 6. The van der Waals surface area contributed by atoms with Crippen LogP contribution in [0.25, 0.3) is 33.4 Å². The third kappa shape index (κ3) is 7.54. The van der Waals surface area contributed by atoms with Gasteiger partial charge in [0.25, 0.3) is 35.1 Å². The molecule has 9 heterocycles. The number of halogens is 2. The summed E-state index contributed by atoms with van der Waals surface area (Å²) in [6.07, 6.45) is 13.9. The number of H-pyrrole nitrogens is 2. The summed E-state index contributed by atoms with van der Waals surface area (Å²) in [4.78, 5) is 101. The maximum Gasteiger partial charge on any atom is 0.295 e. The van der Waals surface area contributed by atoms with Crippen molar-refractivity contribution in [1.82, 2.24) is 64.4 Å². The Bertz CT molecular complexity index is 2900. The molecule has 4 atom stereocenters. The van der Waals surface area contributed by atoms with Gasteiger partial charge in [-0.2, -0.15) is 0 Å². The molecule has 4 amide bonds. The van der Waals surface area contributed by atoms with Crippen molar-refractivity contribution < 1.29 is 47.0 Å². The van der Waals surface area contributed by atoms with E-state index in [1.807, 2.05) is 0 Å². The predicted octanol–water partition coefficient (Wildman–Crippen LogP) is 1.68. The molecule has 6 aromatic rings. The van der Waals surface area contributed by atoms with Gasteiger partial charge in [0.1, 0.15) is 11.6 Å². The summed E-state index contributed by atoms with van der Waals surface area (Å²) >= 11 is 0. The number of ether oxygens (including phenoxy) is 1. The molecule has 66 heavy (non-hydrogen) atoms. The monoisotopic (exact) mass is 907 g/mol. The summed E-state index contributed by atoms with van der Waals surface area (Å²) in [6, 6.07) is 0. The lowest BCUT2D eigenvalue weighted by Crippen LogP contribution is -2.54. The zero-order valence-corrected chi connectivity index (χ0v) is 35.8. The number of hydrogen-bond donors (Lipinski definition) is 2. The topological polar surface area (TPSA) is 234 Å². The van der Waals surface area contributed by atoms with Crippen LogP contribution in [-0.2, 0) is 23.9 Å². The first-order valence-electron chi connectivity index (χ1n) is 22.0. The average Bonchev–Trinajstić information content (AvgIpc) is 4.21. The van der Waals surface area contributed by atoms with Crippen LogP contribution in [0.2, 0.25) is 0 Å². The highest BCUT2D eigenvalue weighted by Gasteiger charge is 2.40. The van der Waals surface area contributed by atoms with Crippen molar-refractivity contribution in [1.29, 1.82) is 0 Å². The standard InChI is InChI=1S/C43H44F2N14O7/c1-24-4-2-3-5-25(24)40(62)53-10-14-55(15-11-53)42(64)37(61)27-21-47-35-33(27)29(45)23-49-39(35)59-19-18-57(52-59)31-7-6-30(66-31)41(63)54-12-16-56(17-13-54)43(65)36(60)26-20-46-34-32(26)28(44)22-48-38(34)58-9-8-50-51-58/h8-9,18-25,30-31H,2-7,10-17H2,1H3,(H-,46,47,48,49,52,60,61)/p+1. The largest absolute Gasteiger partial charge is 0.357 e. The normalized spacial score (nSPS) is 21.5. The number of aromatic nitrogens is 10. The second-order valence-electron chi connectivity index (χ2n) is 17.1. The minimum Gasteiger partial charge on any atom is -0.357 e. The number of fused-ring (bicyclic) bond motifs is 2. The van der Waals surface area contributed by atoms with Crippen LogP contribution in [0.4, 0.5) is 8.78 Å². The van der Waals surface area contributed by atoms with Gasteiger partial charge in [-0.3, -0.25) is 28.8 Å². The fraction of sp³-hybridized carbons (Fsp3) is 0.442. The van der Waals surface area contributed by atoms with Gasteiger partial charge in [-0.1, -0.05) is 29.7 Å². The van der Waals surface area contributed by atoms with Gasteiger partial charge in [0.2, 0.25) is 12.1 Å². The number of rotatable bonds is 9. The molecule has 0 bridgehead atoms. The summed E-state index contributed by atoms with van der Waals surface area (Å²) in [6.45, 7) is 3.57. The first-order chi connectivity index (χ1) is 32.0. The molecule has 1 saturated carbocycles. The predicted molar refractivity (Wildman–Crippen MR) is 224 cm³/mol. The molecular weight excluding hydrogens is 863 g/mol. The van der Waals surface area contributed by atoms with E-state index in [1.54, 1.807) is 22.2 Å². The first kappa shape index (κ1) is 42.6. The van der Waals surface area contributed by atoms with Gasteiger partial charge in [-0.25, -0.2) is 23.4 Å². The minimum atomic E-state index is -0.912. The van der Waals surface area contributed by atoms with Crippen LogP contribution < -0.4 is 4.68 Å². The van der Waals surface area contributed by atoms with Gasteiger partial charge in [-0.05, 0) is 25.2 Å². The Balaban J connectivity index is 0.748. The number of hydrogen-bond acceptors (Lipinski definition) is 12. The molecule has 23 heteroatoms. The fourth-order valence-corrected chi connectivity index (χ4v) is 9.68. The van der Waals surface area contributed by atoms with E-state index in [4.69, 9.17) is 4.74 Å². The van der Waals surface area contributed by atoms with Crippen molar-refractivity contribution in [2.24, 2.45) is 11.8 Å². The van der Waals surface area contributed by atoms with Gasteiger partial charge in [0.05, 0.1) is 57.4 Å². The number of aromatic amines is 2. The highest BCUT2D eigenvalue weighted by molar-refractivity contribution is 6.45. The van der Waals surface area contributed by atoms with Gasteiger partial charge < -0.3 is 34.3 Å². The Morgan fingerprint density at radius 1 is 0.682 bits per heavy atom. The lowest BCUT2D eigenvalue weighted by atomic mass is 9.79. The van der Waals surface area contributed by atoms with E-state index in [1.165, 1.54) is 48.6 Å². The third-order valence-electron chi connectivity index (χ3n) is 13.3. The van der Waals surface area contributed by atoms with Crippen molar-refractivity contribution in [2.75, 3.05) is 52.4 Å². The number of Topliss-reactive ketones (excluding diaryl/α,β-unsaturated/α-hetero) is 2. The maximum atomic E-state index is 15.4. The summed E-state index contributed by atoms with van der Waals surface area (Å²) in [5, 5.41) is 11.9. The molecule has 6 aromatic heterocycles. The number of pyridine rings is 2. The molecule has 1 aliphatic carbocycles. The SMILES string of the molecule is CC1CCCCC1C(=O)N1CCN(C(=O)C(=O)c2c[nH]c3c(-n4cc[n+](C5CCC(C(=O)N6CCN(C(=O)C(=O)c7c[nH]c8c(-n9ccnn9)ncc(F)c78)CC6)O5)n4)ncc(F)c23)CC1. The minimum absolute atomic E-state index is 0.0215. The van der Waals surface area contributed by atoms with E-state index >= 15 is 4.39 Å². The van der Waals surface area contributed by atoms with Crippen molar-refractivity contribution >= 4 is 57.0 Å². The van der Waals surface area contributed by atoms with E-state index in [0.717, 1.165) is 38.1 Å². The number of amides is 4. The van der Waals surface area contributed by atoms with Crippen LogP contribution in [0.1, 0.15) is 72.4 Å². The zero-order chi connectivity index (χ0) is 45.8. The van der Waals surface area contributed by atoms with E-state index < -0.39 is 47.3 Å². The highest BCUT2D eigenvalue weighted by atomic mass is 19.1. The first-order valence-corrected chi connectivity index (χ1v) is 22.0. The molecule has 4 fully saturated rings. The molecule has 10 rings (SSSR count). The van der Waals surface area contributed by atoms with Crippen molar-refractivity contribution in [3.63, 3.8) is 0 Å². The average molecular weight is 908 g/mol. The van der Waals surface area contributed by atoms with Crippen LogP contribution in [0, 0.1) is 23.5 Å². The molecule has 0 spiro atoms. The van der Waals surface area contributed by atoms with Crippen molar-refractivity contribution in [2.45, 2.75) is 57.8 Å². The van der Waals surface area contributed by atoms with Crippen LogP contribution in [-0.4, -0.2) is 158 Å². The molecular formula is C43H45F2N14O7+. The van der Waals surface area contributed by atoms with Crippen LogP contribution in [0.15, 0.2) is 49.6 Å². The Morgan fingerprint density at radius 2 is 1.23 bits per heavy atom. The number of nitrogens with zero attached hydrogens (tertiary/aromatic N) is 12. The maximum absolute atomic E-state index is 15.4. The highest BCUT2D eigenvalue weighted by Crippen LogP contribution is 2.32. The number of carbonyl (C=O) groups excluding carboxylic acids is 6.